The Kier molecular flexibility index (Phi) is 1.58. The van der Waals surface area contributed by atoms with E-state index < -0.39 is 0 Å². The molecule has 0 unspecified atom stereocenters. The molecule has 2 nitrogen and oxygen atoms in total. The molecule has 0 bridgehead atoms. The molecule has 0 spiro atoms. The fourth-order valence-corrected chi connectivity index (χ4v) is 1.67. The van der Waals surface area contributed by atoms with Crippen LogP contribution in [0.3, 0.4) is 0 Å². The quantitative estimate of drug-likeness (QED) is 0.600. The lowest BCUT2D eigenvalue weighted by Crippen LogP contribution is -1.88. The Bertz CT molecular complexity index is 367. The lowest BCUT2D eigenvalue weighted by molar-refractivity contribution is 0.925. The Morgan fingerprint density at radius 3 is 3.18 bits per heavy atom. The fraction of sp³-hybridized carbons (Fsp3) is 0.125. The van der Waals surface area contributed by atoms with Crippen molar-refractivity contribution in [3.05, 3.63) is 30.6 Å². The molecule has 2 aromatic rings. The third-order valence-electron chi connectivity index (χ3n) is 1.62. The van der Waals surface area contributed by atoms with Crippen LogP contribution in [0.15, 0.2) is 35.5 Å². The van der Waals surface area contributed by atoms with Crippen molar-refractivity contribution in [2.45, 2.75) is 4.90 Å². The third kappa shape index (κ3) is 1.01. The maximum Gasteiger partial charge on any atom is 0.0782 e. The van der Waals surface area contributed by atoms with Crippen molar-refractivity contribution in [2.75, 3.05) is 6.26 Å². The van der Waals surface area contributed by atoms with Crippen LogP contribution in [0.4, 0.5) is 0 Å². The van der Waals surface area contributed by atoms with E-state index in [0.29, 0.717) is 0 Å². The van der Waals surface area contributed by atoms with Crippen LogP contribution >= 0.6 is 11.8 Å². The van der Waals surface area contributed by atoms with Gasteiger partial charge in [-0.1, -0.05) is 0 Å². The van der Waals surface area contributed by atoms with Crippen molar-refractivity contribution >= 4 is 17.3 Å². The second kappa shape index (κ2) is 2.58. The lowest BCUT2D eigenvalue weighted by Gasteiger charge is -1.97. The van der Waals surface area contributed by atoms with Gasteiger partial charge >= 0.3 is 0 Å². The van der Waals surface area contributed by atoms with E-state index in [1.165, 1.54) is 10.4 Å². The molecule has 0 amide bonds. The zero-order valence-electron chi connectivity index (χ0n) is 6.19. The van der Waals surface area contributed by atoms with Gasteiger partial charge in [-0.15, -0.1) is 11.8 Å². The van der Waals surface area contributed by atoms with Crippen LogP contribution in [0.25, 0.3) is 5.52 Å². The Morgan fingerprint density at radius 1 is 1.45 bits per heavy atom. The Morgan fingerprint density at radius 2 is 2.36 bits per heavy atom. The van der Waals surface area contributed by atoms with Crippen LogP contribution in [0.5, 0.6) is 0 Å². The highest BCUT2D eigenvalue weighted by molar-refractivity contribution is 7.98. The molecule has 0 atom stereocenters. The normalized spacial score (nSPS) is 10.6. The molecule has 2 rings (SSSR count). The molecule has 3 heteroatoms. The SMILES string of the molecule is CSc1ccnn2cccc12. The van der Waals surface area contributed by atoms with Gasteiger partial charge in [0.15, 0.2) is 0 Å². The number of fused-ring (bicyclic) bond motifs is 1. The Balaban J connectivity index is 2.79. The minimum Gasteiger partial charge on any atom is -0.240 e. The first-order valence-electron chi connectivity index (χ1n) is 3.38. The minimum absolute atomic E-state index is 1.18. The maximum atomic E-state index is 4.15. The van der Waals surface area contributed by atoms with E-state index in [1.54, 1.807) is 11.8 Å². The van der Waals surface area contributed by atoms with Gasteiger partial charge in [0.1, 0.15) is 0 Å². The number of hydrogen-bond acceptors (Lipinski definition) is 2. The number of hydrogen-bond donors (Lipinski definition) is 0. The van der Waals surface area contributed by atoms with E-state index in [-0.39, 0.29) is 0 Å². The van der Waals surface area contributed by atoms with Crippen LogP contribution in [0, 0.1) is 0 Å². The van der Waals surface area contributed by atoms with E-state index in [0.717, 1.165) is 0 Å². The first-order chi connectivity index (χ1) is 5.42. The topological polar surface area (TPSA) is 17.3 Å². The van der Waals surface area contributed by atoms with Crippen LogP contribution in [-0.2, 0) is 0 Å². The van der Waals surface area contributed by atoms with Gasteiger partial charge in [-0.25, -0.2) is 4.52 Å². The van der Waals surface area contributed by atoms with Gasteiger partial charge in [-0.2, -0.15) is 5.10 Å². The number of rotatable bonds is 1. The second-order valence-corrected chi connectivity index (χ2v) is 3.09. The molecule has 11 heavy (non-hydrogen) atoms. The van der Waals surface area contributed by atoms with Crippen molar-refractivity contribution in [2.24, 2.45) is 0 Å². The average Bonchev–Trinajstić information content (AvgIpc) is 2.50. The van der Waals surface area contributed by atoms with Crippen molar-refractivity contribution in [3.8, 4) is 0 Å². The van der Waals surface area contributed by atoms with Crippen LogP contribution in [0.2, 0.25) is 0 Å². The van der Waals surface area contributed by atoms with Gasteiger partial charge in [0.25, 0.3) is 0 Å². The smallest absolute Gasteiger partial charge is 0.0782 e. The Labute approximate surface area is 69.2 Å². The summed E-state index contributed by atoms with van der Waals surface area (Å²) in [5.74, 6) is 0. The van der Waals surface area contributed by atoms with E-state index in [4.69, 9.17) is 0 Å². The molecule has 0 aromatic carbocycles. The summed E-state index contributed by atoms with van der Waals surface area (Å²) in [6.45, 7) is 0. The first kappa shape index (κ1) is 6.73. The summed E-state index contributed by atoms with van der Waals surface area (Å²) < 4.78 is 1.88. The molecule has 0 aliphatic rings. The molecule has 0 aliphatic carbocycles. The first-order valence-corrected chi connectivity index (χ1v) is 4.60. The molecule has 56 valence electrons. The summed E-state index contributed by atoms with van der Waals surface area (Å²) in [4.78, 5) is 1.27. The maximum absolute atomic E-state index is 4.15. The molecule has 0 saturated carbocycles. The van der Waals surface area contributed by atoms with Crippen molar-refractivity contribution < 1.29 is 0 Å². The molecule has 0 radical (unpaired) electrons. The zero-order chi connectivity index (χ0) is 7.68. The van der Waals surface area contributed by atoms with E-state index >= 15 is 0 Å². The lowest BCUT2D eigenvalue weighted by atomic mass is 10.4. The molecular formula is C8H8N2S. The monoisotopic (exact) mass is 164 g/mol. The summed E-state index contributed by atoms with van der Waals surface area (Å²) in [5, 5.41) is 4.15. The molecule has 0 aliphatic heterocycles. The summed E-state index contributed by atoms with van der Waals surface area (Å²) in [5.41, 5.74) is 1.18. The molecule has 2 heterocycles. The second-order valence-electron chi connectivity index (χ2n) is 2.24. The van der Waals surface area contributed by atoms with Gasteiger partial charge in [-0.3, -0.25) is 0 Å². The van der Waals surface area contributed by atoms with Gasteiger partial charge in [0.2, 0.25) is 0 Å². The standard InChI is InChI=1S/C8H8N2S/c1-11-8-4-5-9-10-6-2-3-7(8)10/h2-6H,1H3. The van der Waals surface area contributed by atoms with Crippen LogP contribution in [-0.4, -0.2) is 15.9 Å². The number of nitrogens with zero attached hydrogens (tertiary/aromatic N) is 2. The van der Waals surface area contributed by atoms with Crippen molar-refractivity contribution in [1.29, 1.82) is 0 Å². The summed E-state index contributed by atoms with van der Waals surface area (Å²) in [6, 6.07) is 6.10. The summed E-state index contributed by atoms with van der Waals surface area (Å²) in [7, 11) is 0. The summed E-state index contributed by atoms with van der Waals surface area (Å²) in [6.07, 6.45) is 5.84. The van der Waals surface area contributed by atoms with Crippen LogP contribution in [0.1, 0.15) is 0 Å². The van der Waals surface area contributed by atoms with E-state index in [1.807, 2.05) is 29.0 Å². The molecular weight excluding hydrogens is 156 g/mol. The van der Waals surface area contributed by atoms with E-state index in [9.17, 15) is 0 Å². The summed E-state index contributed by atoms with van der Waals surface area (Å²) >= 11 is 1.74. The molecule has 0 fully saturated rings. The highest BCUT2D eigenvalue weighted by Gasteiger charge is 1.97. The predicted octanol–water partition coefficient (Wildman–Crippen LogP) is 2.06. The molecule has 0 saturated heterocycles. The average molecular weight is 164 g/mol. The number of thioether (sulfide) groups is 1. The predicted molar refractivity (Wildman–Crippen MR) is 47.0 cm³/mol. The van der Waals surface area contributed by atoms with Crippen molar-refractivity contribution in [3.63, 3.8) is 0 Å². The van der Waals surface area contributed by atoms with Gasteiger partial charge < -0.3 is 0 Å². The zero-order valence-corrected chi connectivity index (χ0v) is 7.01. The largest absolute Gasteiger partial charge is 0.240 e. The van der Waals surface area contributed by atoms with Crippen molar-refractivity contribution in [1.82, 2.24) is 9.61 Å². The third-order valence-corrected chi connectivity index (χ3v) is 2.40. The highest BCUT2D eigenvalue weighted by Crippen LogP contribution is 2.19. The minimum atomic E-state index is 1.18. The van der Waals surface area contributed by atoms with Gasteiger partial charge in [0, 0.05) is 17.3 Å². The Hall–Kier alpha value is -0.960. The van der Waals surface area contributed by atoms with Gasteiger partial charge in [-0.05, 0) is 24.5 Å². The molecule has 0 N–H and O–H groups in total. The number of aromatic nitrogens is 2. The molecule has 2 aromatic heterocycles. The fourth-order valence-electron chi connectivity index (χ4n) is 1.10. The van der Waals surface area contributed by atoms with Gasteiger partial charge in [0.05, 0.1) is 5.52 Å². The highest BCUT2D eigenvalue weighted by atomic mass is 32.2. The van der Waals surface area contributed by atoms with Crippen LogP contribution < -0.4 is 0 Å². The van der Waals surface area contributed by atoms with E-state index in [2.05, 4.69) is 17.4 Å².